The standard InChI is InChI=1S/C50H87NO7/c1-6-8-10-12-14-16-18-20-22-24-25-27-29-31-33-35-37-39-41-49(53)58-46(44-56-43-42-47(50(54)55)51(3,4)5)45-57-48(52)40-38-36-34-32-30-28-26-23-21-19-17-15-13-11-9-7-2/h9,11,15,17,21-25,27,46-47H,6-8,10,12-14,16,18-20,26,28-45H2,1-5H3/b11-9+,17-15+,23-21+,24-22+,27-25+. The van der Waals surface area contributed by atoms with Gasteiger partial charge in [0.25, 0.3) is 0 Å². The first-order valence-electron chi connectivity index (χ1n) is 23.3. The third-order valence-electron chi connectivity index (χ3n) is 10.2. The third-order valence-corrected chi connectivity index (χ3v) is 10.2. The summed E-state index contributed by atoms with van der Waals surface area (Å²) in [4.78, 5) is 36.9. The molecule has 0 saturated heterocycles. The van der Waals surface area contributed by atoms with Crippen LogP contribution in [0, 0.1) is 0 Å². The summed E-state index contributed by atoms with van der Waals surface area (Å²) in [5.74, 6) is -1.77. The van der Waals surface area contributed by atoms with E-state index in [1.54, 1.807) is 21.1 Å². The molecule has 0 aromatic rings. The van der Waals surface area contributed by atoms with Crippen LogP contribution >= 0.6 is 0 Å². The van der Waals surface area contributed by atoms with E-state index in [1.807, 2.05) is 0 Å². The number of likely N-dealkylation sites (N-methyl/N-ethyl adjacent to an activating group) is 1. The summed E-state index contributed by atoms with van der Waals surface area (Å²) < 4.78 is 17.2. The number of carbonyl (C=O) groups is 3. The number of carboxylic acid groups (broad SMARTS) is 1. The van der Waals surface area contributed by atoms with Crippen molar-refractivity contribution < 1.29 is 38.2 Å². The Balaban J connectivity index is 4.37. The lowest BCUT2D eigenvalue weighted by molar-refractivity contribution is -0.889. The molecule has 8 nitrogen and oxygen atoms in total. The monoisotopic (exact) mass is 814 g/mol. The quantitative estimate of drug-likeness (QED) is 0.0199. The van der Waals surface area contributed by atoms with E-state index < -0.39 is 18.1 Å². The van der Waals surface area contributed by atoms with Crippen molar-refractivity contribution in [2.24, 2.45) is 0 Å². The van der Waals surface area contributed by atoms with Gasteiger partial charge in [0.05, 0.1) is 40.3 Å². The second-order valence-corrected chi connectivity index (χ2v) is 16.6. The highest BCUT2D eigenvalue weighted by atomic mass is 16.6. The largest absolute Gasteiger partial charge is 0.544 e. The van der Waals surface area contributed by atoms with Crippen molar-refractivity contribution >= 4 is 17.9 Å². The zero-order valence-corrected chi connectivity index (χ0v) is 37.9. The van der Waals surface area contributed by atoms with Crippen LogP contribution in [0.2, 0.25) is 0 Å². The maximum atomic E-state index is 12.7. The molecule has 0 aliphatic rings. The lowest BCUT2D eigenvalue weighted by Crippen LogP contribution is -2.55. The fourth-order valence-electron chi connectivity index (χ4n) is 6.55. The minimum Gasteiger partial charge on any atom is -0.544 e. The third kappa shape index (κ3) is 38.5. The van der Waals surface area contributed by atoms with Gasteiger partial charge in [-0.2, -0.15) is 0 Å². The Bertz CT molecular complexity index is 1130. The number of allylic oxidation sites excluding steroid dienone is 10. The van der Waals surface area contributed by atoms with E-state index >= 15 is 0 Å². The minimum absolute atomic E-state index is 0.0281. The number of ether oxygens (including phenoxy) is 3. The van der Waals surface area contributed by atoms with Gasteiger partial charge in [0.2, 0.25) is 0 Å². The Hall–Kier alpha value is -2.97. The highest BCUT2D eigenvalue weighted by Crippen LogP contribution is 2.13. The molecular weight excluding hydrogens is 727 g/mol. The van der Waals surface area contributed by atoms with Crippen LogP contribution in [0.5, 0.6) is 0 Å². The van der Waals surface area contributed by atoms with E-state index in [9.17, 15) is 19.5 Å². The van der Waals surface area contributed by atoms with Crippen LogP contribution in [0.4, 0.5) is 0 Å². The zero-order valence-electron chi connectivity index (χ0n) is 37.9. The molecule has 2 atom stereocenters. The summed E-state index contributed by atoms with van der Waals surface area (Å²) in [5, 5.41) is 11.6. The van der Waals surface area contributed by atoms with Gasteiger partial charge in [-0.25, -0.2) is 0 Å². The number of hydrogen-bond donors (Lipinski definition) is 0. The Kier molecular flexibility index (Phi) is 38.7. The van der Waals surface area contributed by atoms with Gasteiger partial charge in [0.15, 0.2) is 6.10 Å². The molecule has 0 aliphatic carbocycles. The van der Waals surface area contributed by atoms with Gasteiger partial charge in [0, 0.05) is 19.3 Å². The maximum Gasteiger partial charge on any atom is 0.306 e. The van der Waals surface area contributed by atoms with Crippen LogP contribution in [0.1, 0.15) is 187 Å². The molecule has 8 heteroatoms. The first-order chi connectivity index (χ1) is 28.1. The van der Waals surface area contributed by atoms with Crippen molar-refractivity contribution in [2.75, 3.05) is 41.0 Å². The molecule has 0 saturated carbocycles. The average Bonchev–Trinajstić information content (AvgIpc) is 3.18. The van der Waals surface area contributed by atoms with Gasteiger partial charge in [-0.1, -0.05) is 158 Å². The normalized spacial score (nSPS) is 13.5. The fraction of sp³-hybridized carbons (Fsp3) is 0.740. The Morgan fingerprint density at radius 1 is 0.552 bits per heavy atom. The molecule has 2 unspecified atom stereocenters. The Labute approximate surface area is 356 Å². The number of aliphatic carboxylic acids is 1. The van der Waals surface area contributed by atoms with Gasteiger partial charge >= 0.3 is 11.9 Å². The highest BCUT2D eigenvalue weighted by molar-refractivity contribution is 5.70. The van der Waals surface area contributed by atoms with E-state index in [1.165, 1.54) is 57.8 Å². The number of quaternary nitrogens is 1. The molecule has 0 amide bonds. The van der Waals surface area contributed by atoms with E-state index in [4.69, 9.17) is 14.2 Å². The van der Waals surface area contributed by atoms with Gasteiger partial charge in [-0.05, 0) is 70.6 Å². The Morgan fingerprint density at radius 2 is 1.02 bits per heavy atom. The van der Waals surface area contributed by atoms with Crippen molar-refractivity contribution in [3.05, 3.63) is 60.8 Å². The van der Waals surface area contributed by atoms with E-state index in [0.717, 1.165) is 96.3 Å². The highest BCUT2D eigenvalue weighted by Gasteiger charge is 2.25. The first-order valence-corrected chi connectivity index (χ1v) is 23.3. The van der Waals surface area contributed by atoms with Crippen LogP contribution < -0.4 is 5.11 Å². The number of rotatable bonds is 41. The minimum atomic E-state index is -1.13. The fourth-order valence-corrected chi connectivity index (χ4v) is 6.55. The summed E-state index contributed by atoms with van der Waals surface area (Å²) in [6.45, 7) is 4.51. The van der Waals surface area contributed by atoms with Crippen LogP contribution in [-0.4, -0.2) is 75.5 Å². The molecule has 0 aromatic heterocycles. The molecular formula is C50H87NO7. The predicted octanol–water partition coefficient (Wildman–Crippen LogP) is 11.6. The molecule has 0 fully saturated rings. The van der Waals surface area contributed by atoms with Crippen molar-refractivity contribution in [3.63, 3.8) is 0 Å². The van der Waals surface area contributed by atoms with Crippen molar-refractivity contribution in [2.45, 2.75) is 199 Å². The number of carboxylic acids is 1. The average molecular weight is 814 g/mol. The molecule has 0 heterocycles. The number of esters is 2. The number of carbonyl (C=O) groups excluding carboxylic acids is 3. The first kappa shape index (κ1) is 55.0. The molecule has 334 valence electrons. The molecule has 0 N–H and O–H groups in total. The number of nitrogens with zero attached hydrogens (tertiary/aromatic N) is 1. The second-order valence-electron chi connectivity index (χ2n) is 16.6. The molecule has 0 bridgehead atoms. The second kappa shape index (κ2) is 40.8. The summed E-state index contributed by atoms with van der Waals surface area (Å²) in [5.41, 5.74) is 0. The van der Waals surface area contributed by atoms with Crippen LogP contribution in [-0.2, 0) is 28.6 Å². The van der Waals surface area contributed by atoms with Crippen molar-refractivity contribution in [1.82, 2.24) is 0 Å². The maximum absolute atomic E-state index is 12.7. The Morgan fingerprint density at radius 3 is 1.53 bits per heavy atom. The molecule has 58 heavy (non-hydrogen) atoms. The van der Waals surface area contributed by atoms with Gasteiger partial charge in [0.1, 0.15) is 12.6 Å². The summed E-state index contributed by atoms with van der Waals surface area (Å²) >= 11 is 0. The number of unbranched alkanes of at least 4 members (excludes halogenated alkanes) is 18. The molecule has 0 spiro atoms. The molecule has 0 aromatic carbocycles. The van der Waals surface area contributed by atoms with Crippen LogP contribution in [0.25, 0.3) is 0 Å². The SMILES string of the molecule is CC/C=C/C/C=C/C/C=C/CCCCCCCCC(=O)OCC(COCCC(C(=O)[O-])[N+](C)(C)C)OC(=O)CCCCCCC/C=C/C=C/CCCCCCCCC. The molecule has 0 aliphatic heterocycles. The van der Waals surface area contributed by atoms with Crippen LogP contribution in [0.15, 0.2) is 60.8 Å². The van der Waals surface area contributed by atoms with E-state index in [0.29, 0.717) is 12.8 Å². The van der Waals surface area contributed by atoms with Gasteiger partial charge in [-0.3, -0.25) is 9.59 Å². The van der Waals surface area contributed by atoms with Crippen molar-refractivity contribution in [3.8, 4) is 0 Å². The number of hydrogen-bond acceptors (Lipinski definition) is 7. The topological polar surface area (TPSA) is 102 Å². The molecule has 0 radical (unpaired) electrons. The molecule has 0 rings (SSSR count). The predicted molar refractivity (Wildman–Crippen MR) is 240 cm³/mol. The van der Waals surface area contributed by atoms with E-state index in [2.05, 4.69) is 74.6 Å². The van der Waals surface area contributed by atoms with Crippen molar-refractivity contribution in [1.29, 1.82) is 0 Å². The van der Waals surface area contributed by atoms with Gasteiger partial charge in [-0.15, -0.1) is 0 Å². The smallest absolute Gasteiger partial charge is 0.306 e. The summed E-state index contributed by atoms with van der Waals surface area (Å²) in [6.07, 6.45) is 49.6. The summed E-state index contributed by atoms with van der Waals surface area (Å²) in [6, 6.07) is -0.733. The lowest BCUT2D eigenvalue weighted by atomic mass is 10.1. The van der Waals surface area contributed by atoms with E-state index in [-0.39, 0.29) is 42.7 Å². The zero-order chi connectivity index (χ0) is 42.8. The van der Waals surface area contributed by atoms with Gasteiger partial charge < -0.3 is 28.6 Å². The van der Waals surface area contributed by atoms with Crippen LogP contribution in [0.3, 0.4) is 0 Å². The lowest BCUT2D eigenvalue weighted by Gasteiger charge is -2.34. The summed E-state index contributed by atoms with van der Waals surface area (Å²) in [7, 11) is 5.40.